The van der Waals surface area contributed by atoms with Crippen LogP contribution in [-0.2, 0) is 17.9 Å². The van der Waals surface area contributed by atoms with Crippen molar-refractivity contribution < 1.29 is 9.47 Å². The maximum atomic E-state index is 5.93. The molecule has 2 aromatic rings. The molecule has 164 valence electrons. The van der Waals surface area contributed by atoms with Crippen molar-refractivity contribution in [3.8, 4) is 5.75 Å². The summed E-state index contributed by atoms with van der Waals surface area (Å²) in [6.45, 7) is 3.04. The van der Waals surface area contributed by atoms with Crippen LogP contribution in [-0.4, -0.2) is 33.3 Å². The number of nitrogens with zero attached hydrogens (tertiary/aromatic N) is 1. The number of halogens is 1. The molecule has 0 unspecified atom stereocenters. The van der Waals surface area contributed by atoms with Crippen LogP contribution in [0.15, 0.2) is 59.6 Å². The fraction of sp³-hybridized carbons (Fsp3) is 0.458. The molecule has 2 aromatic carbocycles. The van der Waals surface area contributed by atoms with Gasteiger partial charge in [-0.3, -0.25) is 4.99 Å². The van der Waals surface area contributed by atoms with E-state index in [4.69, 9.17) is 9.47 Å². The molecule has 1 fully saturated rings. The van der Waals surface area contributed by atoms with E-state index in [0.717, 1.165) is 36.8 Å². The number of benzene rings is 2. The zero-order chi connectivity index (χ0) is 20.4. The Bertz CT molecular complexity index is 779. The summed E-state index contributed by atoms with van der Waals surface area (Å²) in [7, 11) is 3.59. The van der Waals surface area contributed by atoms with Gasteiger partial charge in [0, 0.05) is 33.9 Å². The fourth-order valence-electron chi connectivity index (χ4n) is 3.67. The molecule has 0 saturated heterocycles. The lowest BCUT2D eigenvalue weighted by atomic mass is 9.67. The van der Waals surface area contributed by atoms with E-state index in [1.54, 1.807) is 7.11 Å². The van der Waals surface area contributed by atoms with E-state index in [0.29, 0.717) is 18.6 Å². The smallest absolute Gasteiger partial charge is 0.191 e. The second-order valence-corrected chi connectivity index (χ2v) is 7.80. The van der Waals surface area contributed by atoms with Crippen LogP contribution >= 0.6 is 24.0 Å². The predicted octanol–water partition coefficient (Wildman–Crippen LogP) is 4.76. The highest BCUT2D eigenvalue weighted by atomic mass is 127. The van der Waals surface area contributed by atoms with Crippen LogP contribution < -0.4 is 15.4 Å². The molecule has 2 N–H and O–H groups in total. The Morgan fingerprint density at radius 3 is 2.47 bits per heavy atom. The lowest BCUT2D eigenvalue weighted by Gasteiger charge is -2.42. The largest absolute Gasteiger partial charge is 0.489 e. The molecule has 0 heterocycles. The number of aliphatic imine (C=N–C) groups is 1. The SMILES string of the molecule is CN=C(NCc1cccc(OCc2ccccc2)c1)NCC1(CCOC)CCC1.I. The Hall–Kier alpha value is -1.80. The molecule has 6 heteroatoms. The van der Waals surface area contributed by atoms with Crippen LogP contribution in [0.1, 0.15) is 36.8 Å². The molecule has 0 atom stereocenters. The number of guanidine groups is 1. The minimum atomic E-state index is 0. The first-order valence-corrected chi connectivity index (χ1v) is 10.4. The summed E-state index contributed by atoms with van der Waals surface area (Å²) in [4.78, 5) is 4.38. The van der Waals surface area contributed by atoms with Gasteiger partial charge < -0.3 is 20.1 Å². The zero-order valence-electron chi connectivity index (χ0n) is 18.0. The summed E-state index contributed by atoms with van der Waals surface area (Å²) in [5.74, 6) is 1.72. The Kier molecular flexibility index (Phi) is 10.4. The third kappa shape index (κ3) is 7.47. The van der Waals surface area contributed by atoms with E-state index < -0.39 is 0 Å². The first-order chi connectivity index (χ1) is 14.2. The molecule has 0 aromatic heterocycles. The van der Waals surface area contributed by atoms with E-state index in [9.17, 15) is 0 Å². The van der Waals surface area contributed by atoms with Gasteiger partial charge in [-0.25, -0.2) is 0 Å². The molecule has 0 spiro atoms. The minimum absolute atomic E-state index is 0. The van der Waals surface area contributed by atoms with Crippen molar-refractivity contribution in [1.29, 1.82) is 0 Å². The number of hydrogen-bond donors (Lipinski definition) is 2. The first-order valence-electron chi connectivity index (χ1n) is 10.4. The second kappa shape index (κ2) is 12.8. The summed E-state index contributed by atoms with van der Waals surface area (Å²) in [6, 6.07) is 18.4. The molecular weight excluding hydrogens is 489 g/mol. The maximum absolute atomic E-state index is 5.93. The van der Waals surface area contributed by atoms with Crippen molar-refractivity contribution in [3.05, 3.63) is 65.7 Å². The highest BCUT2D eigenvalue weighted by Gasteiger charge is 2.36. The molecule has 30 heavy (non-hydrogen) atoms. The molecule has 1 aliphatic carbocycles. The molecule has 1 aliphatic rings. The monoisotopic (exact) mass is 523 g/mol. The summed E-state index contributed by atoms with van der Waals surface area (Å²) in [5.41, 5.74) is 2.69. The van der Waals surface area contributed by atoms with Crippen molar-refractivity contribution in [2.45, 2.75) is 38.8 Å². The summed E-state index contributed by atoms with van der Waals surface area (Å²) >= 11 is 0. The predicted molar refractivity (Wildman–Crippen MR) is 134 cm³/mol. The van der Waals surface area contributed by atoms with Crippen molar-refractivity contribution in [3.63, 3.8) is 0 Å². The van der Waals surface area contributed by atoms with Gasteiger partial charge in [0.15, 0.2) is 5.96 Å². The molecule has 0 amide bonds. The van der Waals surface area contributed by atoms with Crippen LogP contribution in [0.2, 0.25) is 0 Å². The molecule has 0 radical (unpaired) electrons. The van der Waals surface area contributed by atoms with Crippen molar-refractivity contribution >= 4 is 29.9 Å². The third-order valence-electron chi connectivity index (χ3n) is 5.71. The molecule has 3 rings (SSSR count). The van der Waals surface area contributed by atoms with Gasteiger partial charge in [-0.05, 0) is 47.9 Å². The lowest BCUT2D eigenvalue weighted by Crippen LogP contribution is -2.46. The number of methoxy groups -OCH3 is 1. The Morgan fingerprint density at radius 1 is 1.03 bits per heavy atom. The summed E-state index contributed by atoms with van der Waals surface area (Å²) in [5, 5.41) is 6.92. The molecule has 1 saturated carbocycles. The molecule has 5 nitrogen and oxygen atoms in total. The van der Waals surface area contributed by atoms with Gasteiger partial charge in [-0.2, -0.15) is 0 Å². The van der Waals surface area contributed by atoms with E-state index >= 15 is 0 Å². The fourth-order valence-corrected chi connectivity index (χ4v) is 3.67. The number of ether oxygens (including phenoxy) is 2. The lowest BCUT2D eigenvalue weighted by molar-refractivity contribution is 0.0732. The highest BCUT2D eigenvalue weighted by Crippen LogP contribution is 2.43. The van der Waals surface area contributed by atoms with Gasteiger partial charge in [-0.1, -0.05) is 48.9 Å². The average molecular weight is 523 g/mol. The van der Waals surface area contributed by atoms with E-state index in [-0.39, 0.29) is 24.0 Å². The van der Waals surface area contributed by atoms with Crippen LogP contribution in [0, 0.1) is 5.41 Å². The molecule has 0 bridgehead atoms. The van der Waals surface area contributed by atoms with Crippen LogP contribution in [0.25, 0.3) is 0 Å². The molecule has 0 aliphatic heterocycles. The number of hydrogen-bond acceptors (Lipinski definition) is 3. The minimum Gasteiger partial charge on any atom is -0.489 e. The maximum Gasteiger partial charge on any atom is 0.191 e. The topological polar surface area (TPSA) is 54.9 Å². The number of nitrogens with one attached hydrogen (secondary N) is 2. The third-order valence-corrected chi connectivity index (χ3v) is 5.71. The van der Waals surface area contributed by atoms with Crippen molar-refractivity contribution in [1.82, 2.24) is 10.6 Å². The van der Waals surface area contributed by atoms with Gasteiger partial charge in [0.05, 0.1) is 0 Å². The first kappa shape index (κ1) is 24.5. The van der Waals surface area contributed by atoms with Crippen LogP contribution in [0.4, 0.5) is 0 Å². The van der Waals surface area contributed by atoms with Crippen LogP contribution in [0.5, 0.6) is 5.75 Å². The van der Waals surface area contributed by atoms with E-state index in [1.165, 1.54) is 24.8 Å². The Labute approximate surface area is 197 Å². The van der Waals surface area contributed by atoms with Crippen LogP contribution in [0.3, 0.4) is 0 Å². The second-order valence-electron chi connectivity index (χ2n) is 7.80. The highest BCUT2D eigenvalue weighted by molar-refractivity contribution is 14.0. The Balaban J connectivity index is 0.00000320. The quantitative estimate of drug-likeness (QED) is 0.268. The van der Waals surface area contributed by atoms with Crippen molar-refractivity contribution in [2.75, 3.05) is 27.3 Å². The molecular formula is C24H34IN3O2. The zero-order valence-corrected chi connectivity index (χ0v) is 20.4. The van der Waals surface area contributed by atoms with Crippen molar-refractivity contribution in [2.24, 2.45) is 10.4 Å². The van der Waals surface area contributed by atoms with Gasteiger partial charge in [0.2, 0.25) is 0 Å². The van der Waals surface area contributed by atoms with E-state index in [1.807, 2.05) is 37.4 Å². The normalized spacial score (nSPS) is 14.9. The van der Waals surface area contributed by atoms with Gasteiger partial charge in [0.25, 0.3) is 0 Å². The standard InChI is InChI=1S/C24H33N3O2.HI/c1-25-23(27-19-24(12-7-13-24)14-15-28-2)26-17-21-10-6-11-22(16-21)29-18-20-8-4-3-5-9-20;/h3-6,8-11,16H,7,12-15,17-19H2,1-2H3,(H2,25,26,27);1H. The van der Waals surface area contributed by atoms with E-state index in [2.05, 4.69) is 39.9 Å². The summed E-state index contributed by atoms with van der Waals surface area (Å²) in [6.07, 6.45) is 4.95. The Morgan fingerprint density at radius 2 is 1.80 bits per heavy atom. The summed E-state index contributed by atoms with van der Waals surface area (Å²) < 4.78 is 11.2. The van der Waals surface area contributed by atoms with Gasteiger partial charge in [-0.15, -0.1) is 24.0 Å². The van der Waals surface area contributed by atoms with Gasteiger partial charge >= 0.3 is 0 Å². The van der Waals surface area contributed by atoms with Gasteiger partial charge in [0.1, 0.15) is 12.4 Å². The average Bonchev–Trinajstić information content (AvgIpc) is 2.74. The number of rotatable bonds is 10.